The number of aromatic nitrogens is 4. The number of fused-ring (bicyclic) bond motifs is 1. The number of rotatable bonds is 5. The summed E-state index contributed by atoms with van der Waals surface area (Å²) in [4.78, 5) is 25.6. The number of aromatic amines is 1. The Morgan fingerprint density at radius 1 is 1.19 bits per heavy atom. The summed E-state index contributed by atoms with van der Waals surface area (Å²) in [6.07, 6.45) is 3.72. The Morgan fingerprint density at radius 2 is 2.00 bits per heavy atom. The zero-order valence-electron chi connectivity index (χ0n) is 15.1. The monoisotopic (exact) mass is 361 g/mol. The number of amides is 1. The van der Waals surface area contributed by atoms with Crippen LogP contribution in [0, 0.1) is 6.92 Å². The topological polar surface area (TPSA) is 87.9 Å². The highest BCUT2D eigenvalue weighted by molar-refractivity contribution is 5.93. The minimum absolute atomic E-state index is 0.0629. The van der Waals surface area contributed by atoms with Gasteiger partial charge < -0.3 is 14.4 Å². The van der Waals surface area contributed by atoms with E-state index < -0.39 is 0 Å². The number of nitrogens with one attached hydrogen (secondary N) is 1. The molecule has 3 heterocycles. The van der Waals surface area contributed by atoms with Gasteiger partial charge in [-0.25, -0.2) is 0 Å². The van der Waals surface area contributed by atoms with E-state index in [9.17, 15) is 4.79 Å². The quantitative estimate of drug-likeness (QED) is 0.589. The summed E-state index contributed by atoms with van der Waals surface area (Å²) in [7, 11) is 1.75. The number of benzene rings is 1. The number of H-pyrrole nitrogens is 1. The van der Waals surface area contributed by atoms with Crippen molar-refractivity contribution in [1.29, 1.82) is 0 Å². The molecule has 0 saturated heterocycles. The van der Waals surface area contributed by atoms with Gasteiger partial charge in [0, 0.05) is 48.9 Å². The molecule has 136 valence electrons. The largest absolute Gasteiger partial charge is 0.351 e. The van der Waals surface area contributed by atoms with Crippen molar-refractivity contribution in [1.82, 2.24) is 25.0 Å². The van der Waals surface area contributed by atoms with Crippen LogP contribution in [0.25, 0.3) is 22.5 Å². The van der Waals surface area contributed by atoms with Gasteiger partial charge in [-0.3, -0.25) is 9.78 Å². The van der Waals surface area contributed by atoms with Gasteiger partial charge in [-0.15, -0.1) is 0 Å². The maximum atomic E-state index is 12.3. The molecule has 0 atom stereocenters. The van der Waals surface area contributed by atoms with E-state index in [1.807, 2.05) is 12.1 Å². The molecule has 7 heteroatoms. The number of hydrogen-bond acceptors (Lipinski definition) is 5. The fourth-order valence-corrected chi connectivity index (χ4v) is 2.92. The van der Waals surface area contributed by atoms with Crippen molar-refractivity contribution in [3.05, 3.63) is 65.7 Å². The average molecular weight is 361 g/mol. The Kier molecular flexibility index (Phi) is 4.42. The third-order valence-electron chi connectivity index (χ3n) is 4.42. The zero-order valence-corrected chi connectivity index (χ0v) is 15.1. The molecule has 0 radical (unpaired) electrons. The highest BCUT2D eigenvalue weighted by Crippen LogP contribution is 2.23. The first-order valence-corrected chi connectivity index (χ1v) is 8.68. The molecule has 0 aliphatic rings. The number of carbonyl (C=O) groups excluding carboxylic acids is 1. The smallest absolute Gasteiger partial charge is 0.274 e. The lowest BCUT2D eigenvalue weighted by atomic mass is 10.2. The van der Waals surface area contributed by atoms with Crippen LogP contribution in [0.4, 0.5) is 0 Å². The van der Waals surface area contributed by atoms with Crippen LogP contribution in [0.1, 0.15) is 21.7 Å². The first kappa shape index (κ1) is 17.0. The Morgan fingerprint density at radius 3 is 2.81 bits per heavy atom. The molecule has 7 nitrogen and oxygen atoms in total. The second kappa shape index (κ2) is 7.03. The van der Waals surface area contributed by atoms with Crippen molar-refractivity contribution < 1.29 is 9.32 Å². The van der Waals surface area contributed by atoms with Crippen LogP contribution >= 0.6 is 0 Å². The summed E-state index contributed by atoms with van der Waals surface area (Å²) in [5.74, 6) is 0.947. The molecule has 1 aromatic carbocycles. The minimum atomic E-state index is -0.0629. The van der Waals surface area contributed by atoms with E-state index in [1.165, 1.54) is 5.56 Å². The van der Waals surface area contributed by atoms with E-state index in [0.717, 1.165) is 16.6 Å². The first-order valence-electron chi connectivity index (χ1n) is 8.68. The van der Waals surface area contributed by atoms with Gasteiger partial charge >= 0.3 is 0 Å². The van der Waals surface area contributed by atoms with E-state index in [2.05, 4.69) is 39.2 Å². The summed E-state index contributed by atoms with van der Waals surface area (Å²) in [5, 5.41) is 5.13. The Labute approximate surface area is 156 Å². The standard InChI is InChI=1S/C20H19N5O2/c1-13-3-4-16-15(11-13)12-17(22-16)19-23-18(24-27-19)7-10-25(2)20(26)14-5-8-21-9-6-14/h3-6,8-9,11-12,22H,7,10H2,1-2H3. The number of hydrogen-bond donors (Lipinski definition) is 1. The number of likely N-dealkylation sites (N-methyl/N-ethyl adjacent to an activating group) is 1. The van der Waals surface area contributed by atoms with Crippen LogP contribution in [0.15, 0.2) is 53.3 Å². The third-order valence-corrected chi connectivity index (χ3v) is 4.42. The minimum Gasteiger partial charge on any atom is -0.351 e. The van der Waals surface area contributed by atoms with Gasteiger partial charge in [-0.05, 0) is 37.3 Å². The SMILES string of the molecule is Cc1ccc2[nH]c(-c3nc(CCN(C)C(=O)c4ccncc4)no3)cc2c1. The molecule has 4 aromatic rings. The number of carbonyl (C=O) groups is 1. The van der Waals surface area contributed by atoms with Crippen LogP contribution in [0.5, 0.6) is 0 Å². The summed E-state index contributed by atoms with van der Waals surface area (Å²) < 4.78 is 5.38. The number of pyridine rings is 1. The van der Waals surface area contributed by atoms with E-state index >= 15 is 0 Å². The van der Waals surface area contributed by atoms with Crippen molar-refractivity contribution in [3.8, 4) is 11.6 Å². The van der Waals surface area contributed by atoms with E-state index in [0.29, 0.717) is 30.2 Å². The molecule has 0 aliphatic heterocycles. The maximum Gasteiger partial charge on any atom is 0.274 e. The molecule has 0 fully saturated rings. The second-order valence-corrected chi connectivity index (χ2v) is 6.50. The lowest BCUT2D eigenvalue weighted by Crippen LogP contribution is -2.29. The molecule has 0 saturated carbocycles. The predicted octanol–water partition coefficient (Wildman–Crippen LogP) is 3.24. The molecule has 0 aliphatic carbocycles. The number of nitrogens with zero attached hydrogens (tertiary/aromatic N) is 4. The van der Waals surface area contributed by atoms with Crippen molar-refractivity contribution in [2.24, 2.45) is 0 Å². The van der Waals surface area contributed by atoms with Gasteiger partial charge in [0.2, 0.25) is 0 Å². The van der Waals surface area contributed by atoms with Gasteiger partial charge in [-0.2, -0.15) is 4.98 Å². The van der Waals surface area contributed by atoms with Crippen molar-refractivity contribution in [2.75, 3.05) is 13.6 Å². The van der Waals surface area contributed by atoms with Gasteiger partial charge in [0.25, 0.3) is 11.8 Å². The van der Waals surface area contributed by atoms with Crippen LogP contribution in [-0.2, 0) is 6.42 Å². The van der Waals surface area contributed by atoms with Gasteiger partial charge in [0.05, 0.1) is 0 Å². The summed E-state index contributed by atoms with van der Waals surface area (Å²) >= 11 is 0. The average Bonchev–Trinajstić information content (AvgIpc) is 3.32. The summed E-state index contributed by atoms with van der Waals surface area (Å²) in [6, 6.07) is 11.6. The second-order valence-electron chi connectivity index (χ2n) is 6.50. The molecule has 0 unspecified atom stereocenters. The first-order chi connectivity index (χ1) is 13.1. The molecular formula is C20H19N5O2. The zero-order chi connectivity index (χ0) is 18.8. The molecule has 0 bridgehead atoms. The highest BCUT2D eigenvalue weighted by atomic mass is 16.5. The van der Waals surface area contributed by atoms with Crippen molar-refractivity contribution >= 4 is 16.8 Å². The van der Waals surface area contributed by atoms with E-state index in [-0.39, 0.29) is 5.91 Å². The van der Waals surface area contributed by atoms with Crippen molar-refractivity contribution in [3.63, 3.8) is 0 Å². The summed E-state index contributed by atoms with van der Waals surface area (Å²) in [6.45, 7) is 2.55. The normalized spacial score (nSPS) is 11.0. The molecule has 27 heavy (non-hydrogen) atoms. The van der Waals surface area contributed by atoms with Crippen LogP contribution < -0.4 is 0 Å². The van der Waals surface area contributed by atoms with Gasteiger partial charge in [0.15, 0.2) is 5.82 Å². The van der Waals surface area contributed by atoms with Crippen molar-refractivity contribution in [2.45, 2.75) is 13.3 Å². The molecule has 3 aromatic heterocycles. The molecule has 1 amide bonds. The Bertz CT molecular complexity index is 1080. The number of aryl methyl sites for hydroxylation is 1. The van der Waals surface area contributed by atoms with Gasteiger partial charge in [-0.1, -0.05) is 16.8 Å². The molecule has 0 spiro atoms. The Hall–Kier alpha value is -3.48. The van der Waals surface area contributed by atoms with E-state index in [4.69, 9.17) is 4.52 Å². The highest BCUT2D eigenvalue weighted by Gasteiger charge is 2.15. The predicted molar refractivity (Wildman–Crippen MR) is 101 cm³/mol. The van der Waals surface area contributed by atoms with Gasteiger partial charge in [0.1, 0.15) is 5.69 Å². The lowest BCUT2D eigenvalue weighted by Gasteiger charge is -2.15. The molecule has 1 N–H and O–H groups in total. The van der Waals surface area contributed by atoms with Crippen LogP contribution in [0.2, 0.25) is 0 Å². The lowest BCUT2D eigenvalue weighted by molar-refractivity contribution is 0.0795. The Balaban J connectivity index is 1.44. The summed E-state index contributed by atoms with van der Waals surface area (Å²) in [5.41, 5.74) is 3.62. The maximum absolute atomic E-state index is 12.3. The van der Waals surface area contributed by atoms with Crippen LogP contribution in [-0.4, -0.2) is 44.5 Å². The van der Waals surface area contributed by atoms with E-state index in [1.54, 1.807) is 36.5 Å². The molecule has 4 rings (SSSR count). The fraction of sp³-hybridized carbons (Fsp3) is 0.200. The van der Waals surface area contributed by atoms with Crippen LogP contribution in [0.3, 0.4) is 0 Å². The molecular weight excluding hydrogens is 342 g/mol. The third kappa shape index (κ3) is 3.57. The fourth-order valence-electron chi connectivity index (χ4n) is 2.92.